The molecule has 1 aliphatic heterocycles. The average Bonchev–Trinajstić information content (AvgIpc) is 2.92. The van der Waals surface area contributed by atoms with Gasteiger partial charge in [0, 0.05) is 6.54 Å². The summed E-state index contributed by atoms with van der Waals surface area (Å²) < 4.78 is 1.56. The lowest BCUT2D eigenvalue weighted by Crippen LogP contribution is -2.33. The first-order chi connectivity index (χ1) is 9.06. The van der Waals surface area contributed by atoms with Gasteiger partial charge in [-0.3, -0.25) is 9.79 Å². The zero-order chi connectivity index (χ0) is 13.8. The number of carbonyl (C=O) groups is 1. The van der Waals surface area contributed by atoms with Crippen molar-refractivity contribution >= 4 is 43.7 Å². The van der Waals surface area contributed by atoms with Gasteiger partial charge in [0.1, 0.15) is 5.69 Å². The van der Waals surface area contributed by atoms with Crippen LogP contribution in [0.3, 0.4) is 0 Å². The third kappa shape index (κ3) is 3.84. The molecule has 5 N–H and O–H groups in total. The van der Waals surface area contributed by atoms with Gasteiger partial charge in [0.05, 0.1) is 21.7 Å². The lowest BCUT2D eigenvalue weighted by molar-refractivity contribution is 0.0953. The topological polar surface area (TPSA) is 95.3 Å². The largest absolute Gasteiger partial charge is 0.370 e. The molecule has 0 bridgehead atoms. The van der Waals surface area contributed by atoms with Crippen molar-refractivity contribution < 1.29 is 4.79 Å². The third-order valence-corrected chi connectivity index (χ3v) is 4.29. The molecule has 102 valence electrons. The first-order valence-electron chi connectivity index (χ1n) is 5.61. The van der Waals surface area contributed by atoms with Gasteiger partial charge in [-0.2, -0.15) is 0 Å². The first kappa shape index (κ1) is 14.1. The van der Waals surface area contributed by atoms with Gasteiger partial charge in [0.15, 0.2) is 5.96 Å². The molecule has 1 aromatic heterocycles. The molecule has 2 heterocycles. The number of carbonyl (C=O) groups excluding carboxylic acids is 1. The highest BCUT2D eigenvalue weighted by Gasteiger charge is 2.11. The van der Waals surface area contributed by atoms with Gasteiger partial charge in [-0.05, 0) is 37.9 Å². The van der Waals surface area contributed by atoms with Crippen molar-refractivity contribution in [3.05, 3.63) is 33.0 Å². The number of halogens is 2. The molecule has 8 heteroatoms. The van der Waals surface area contributed by atoms with Crippen LogP contribution in [0.5, 0.6) is 0 Å². The number of nitrogens with zero attached hydrogens (tertiary/aromatic N) is 1. The van der Waals surface area contributed by atoms with Crippen molar-refractivity contribution in [2.45, 2.75) is 6.04 Å². The van der Waals surface area contributed by atoms with Crippen LogP contribution < -0.4 is 16.4 Å². The molecule has 0 fully saturated rings. The van der Waals surface area contributed by atoms with Crippen LogP contribution in [0.4, 0.5) is 0 Å². The smallest absolute Gasteiger partial charge is 0.268 e. The van der Waals surface area contributed by atoms with E-state index in [1.165, 1.54) is 0 Å². The highest BCUT2D eigenvalue weighted by molar-refractivity contribution is 9.13. The molecule has 1 amide bonds. The number of H-pyrrole nitrogens is 1. The van der Waals surface area contributed by atoms with E-state index in [1.54, 1.807) is 6.07 Å². The van der Waals surface area contributed by atoms with Crippen LogP contribution in [0.2, 0.25) is 0 Å². The van der Waals surface area contributed by atoms with Crippen LogP contribution in [0.25, 0.3) is 0 Å². The van der Waals surface area contributed by atoms with Crippen molar-refractivity contribution in [1.29, 1.82) is 0 Å². The van der Waals surface area contributed by atoms with E-state index in [0.717, 1.165) is 9.08 Å². The van der Waals surface area contributed by atoms with Crippen molar-refractivity contribution in [2.75, 3.05) is 13.1 Å². The van der Waals surface area contributed by atoms with Crippen molar-refractivity contribution in [2.24, 2.45) is 10.7 Å². The maximum absolute atomic E-state index is 11.8. The second-order valence-corrected chi connectivity index (χ2v) is 5.61. The van der Waals surface area contributed by atoms with E-state index in [9.17, 15) is 4.79 Å². The lowest BCUT2D eigenvalue weighted by Gasteiger charge is -2.04. The van der Waals surface area contributed by atoms with Crippen molar-refractivity contribution in [3.63, 3.8) is 0 Å². The number of hydrogen-bond acceptors (Lipinski definition) is 4. The molecular weight excluding hydrogens is 378 g/mol. The van der Waals surface area contributed by atoms with Gasteiger partial charge in [-0.15, -0.1) is 0 Å². The van der Waals surface area contributed by atoms with E-state index in [4.69, 9.17) is 5.73 Å². The fraction of sp³-hybridized carbons (Fsp3) is 0.273. The Morgan fingerprint density at radius 1 is 1.63 bits per heavy atom. The molecule has 0 aliphatic carbocycles. The summed E-state index contributed by atoms with van der Waals surface area (Å²) in [5.41, 5.74) is 5.99. The molecule has 2 rings (SSSR count). The second kappa shape index (κ2) is 6.25. The molecular formula is C11H13Br2N5O. The summed E-state index contributed by atoms with van der Waals surface area (Å²) in [6, 6.07) is 1.83. The summed E-state index contributed by atoms with van der Waals surface area (Å²) in [7, 11) is 0. The Kier molecular flexibility index (Phi) is 4.65. The Morgan fingerprint density at radius 2 is 2.42 bits per heavy atom. The number of hydrogen-bond donors (Lipinski definition) is 4. The van der Waals surface area contributed by atoms with E-state index >= 15 is 0 Å². The highest BCUT2D eigenvalue weighted by atomic mass is 79.9. The quantitative estimate of drug-likeness (QED) is 0.580. The molecule has 6 nitrogen and oxygen atoms in total. The third-order valence-electron chi connectivity index (χ3n) is 2.51. The molecule has 0 saturated heterocycles. The molecule has 1 atom stereocenters. The van der Waals surface area contributed by atoms with Crippen molar-refractivity contribution in [3.8, 4) is 0 Å². The summed E-state index contributed by atoms with van der Waals surface area (Å²) >= 11 is 6.60. The summed E-state index contributed by atoms with van der Waals surface area (Å²) in [6.07, 6.45) is 3.81. The van der Waals surface area contributed by atoms with Crippen LogP contribution >= 0.6 is 31.9 Å². The molecule has 19 heavy (non-hydrogen) atoms. The minimum absolute atomic E-state index is 0.116. The fourth-order valence-corrected chi connectivity index (χ4v) is 2.25. The Labute approximate surface area is 127 Å². The second-order valence-electron chi connectivity index (χ2n) is 3.96. The predicted octanol–water partition coefficient (Wildman–Crippen LogP) is 1.11. The number of guanidine groups is 1. The zero-order valence-corrected chi connectivity index (χ0v) is 13.1. The molecule has 0 unspecified atom stereocenters. The van der Waals surface area contributed by atoms with Gasteiger partial charge in [-0.25, -0.2) is 0 Å². The SMILES string of the molecule is NC1=NC[C@@H](/C=C/CNC(=O)c2cc(Br)c(Br)[nH]2)N1. The van der Waals surface area contributed by atoms with Gasteiger partial charge in [0.2, 0.25) is 0 Å². The Balaban J connectivity index is 1.76. The molecule has 1 aromatic rings. The minimum Gasteiger partial charge on any atom is -0.370 e. The van der Waals surface area contributed by atoms with Gasteiger partial charge >= 0.3 is 0 Å². The minimum atomic E-state index is -0.161. The van der Waals surface area contributed by atoms with Gasteiger partial charge in [-0.1, -0.05) is 12.2 Å². The number of rotatable bonds is 4. The van der Waals surface area contributed by atoms with Crippen LogP contribution in [0.1, 0.15) is 10.5 Å². The Bertz CT molecular complexity index is 518. The van der Waals surface area contributed by atoms with E-state index in [2.05, 4.69) is 52.5 Å². The van der Waals surface area contributed by atoms with Crippen LogP contribution in [0.15, 0.2) is 32.3 Å². The first-order valence-corrected chi connectivity index (χ1v) is 7.20. The standard InChI is InChI=1S/C11H13Br2N5O/c12-7-4-8(18-9(7)13)10(19)15-3-1-2-6-5-16-11(14)17-6/h1-2,4,6,18H,3,5H2,(H,15,19)(H3,14,16,17)/b2-1+/t6-/m1/s1. The number of amides is 1. The highest BCUT2D eigenvalue weighted by Crippen LogP contribution is 2.22. The van der Waals surface area contributed by atoms with E-state index in [-0.39, 0.29) is 11.9 Å². The Morgan fingerprint density at radius 3 is 3.00 bits per heavy atom. The predicted molar refractivity (Wildman–Crippen MR) is 81.1 cm³/mol. The summed E-state index contributed by atoms with van der Waals surface area (Å²) in [5.74, 6) is 0.297. The van der Waals surface area contributed by atoms with Crippen LogP contribution in [0, 0.1) is 0 Å². The maximum atomic E-state index is 11.8. The summed E-state index contributed by atoms with van der Waals surface area (Å²) in [4.78, 5) is 18.7. The maximum Gasteiger partial charge on any atom is 0.268 e. The van der Waals surface area contributed by atoms with Gasteiger partial charge < -0.3 is 21.4 Å². The number of aromatic nitrogens is 1. The summed E-state index contributed by atoms with van der Waals surface area (Å²) in [6.45, 7) is 1.08. The van der Waals surface area contributed by atoms with E-state index in [1.807, 2.05) is 12.2 Å². The molecule has 0 spiro atoms. The number of nitrogens with two attached hydrogens (primary N) is 1. The average molecular weight is 391 g/mol. The zero-order valence-electron chi connectivity index (χ0n) is 9.91. The molecule has 1 aliphatic rings. The van der Waals surface area contributed by atoms with Crippen LogP contribution in [-0.4, -0.2) is 36.0 Å². The summed E-state index contributed by atoms with van der Waals surface area (Å²) in [5, 5.41) is 5.77. The van der Waals surface area contributed by atoms with E-state index in [0.29, 0.717) is 24.7 Å². The Hall–Kier alpha value is -1.28. The van der Waals surface area contributed by atoms with Gasteiger partial charge in [0.25, 0.3) is 5.91 Å². The fourth-order valence-electron chi connectivity index (χ4n) is 1.59. The number of aromatic amines is 1. The normalized spacial score (nSPS) is 18.4. The number of nitrogens with one attached hydrogen (secondary N) is 3. The molecule has 0 saturated carbocycles. The number of aliphatic imine (C=N–C) groups is 1. The molecule has 0 aromatic carbocycles. The lowest BCUT2D eigenvalue weighted by atomic mass is 10.3. The monoisotopic (exact) mass is 389 g/mol. The molecule has 0 radical (unpaired) electrons. The van der Waals surface area contributed by atoms with Crippen molar-refractivity contribution in [1.82, 2.24) is 15.6 Å². The van der Waals surface area contributed by atoms with E-state index < -0.39 is 0 Å². The van der Waals surface area contributed by atoms with Crippen LogP contribution in [-0.2, 0) is 0 Å².